The first-order valence-corrected chi connectivity index (χ1v) is 8.85. The second kappa shape index (κ2) is 7.77. The Balaban J connectivity index is 1.56. The van der Waals surface area contributed by atoms with E-state index in [1.165, 1.54) is 17.1 Å². The molecule has 0 saturated heterocycles. The Labute approximate surface area is 158 Å². The molecule has 1 amide bonds. The van der Waals surface area contributed by atoms with Crippen molar-refractivity contribution < 1.29 is 9.18 Å². The predicted octanol–water partition coefficient (Wildman–Crippen LogP) is 3.07. The average Bonchev–Trinajstić information content (AvgIpc) is 3.15. The first kappa shape index (κ1) is 18.2. The van der Waals surface area contributed by atoms with Gasteiger partial charge in [-0.1, -0.05) is 18.2 Å². The molecule has 7 nitrogen and oxygen atoms in total. The molecule has 1 aromatic carbocycles. The molecule has 0 unspecified atom stereocenters. The molecule has 1 N–H and O–H groups in total. The third-order valence-corrected chi connectivity index (χ3v) is 5.07. The Morgan fingerprint density at radius 2 is 2.04 bits per heavy atom. The normalized spacial score (nSPS) is 10.9. The summed E-state index contributed by atoms with van der Waals surface area (Å²) >= 11 is 3.46. The lowest BCUT2D eigenvalue weighted by molar-refractivity contribution is -0.116. The van der Waals surface area contributed by atoms with Gasteiger partial charge in [-0.05, 0) is 35.8 Å². The van der Waals surface area contributed by atoms with Gasteiger partial charge in [-0.15, -0.1) is 5.10 Å². The molecule has 0 saturated carbocycles. The standard InChI is InChI=1S/C17H18BrFN6O/c1-11-16(18)12(2)25(22-11)8-7-15(26)21-17-20-10-24(23-17)9-13-5-3-4-6-14(13)19/h3-6,10H,7-9H2,1-2H3,(H,21,23,26). The van der Waals surface area contributed by atoms with Crippen LogP contribution in [0.5, 0.6) is 0 Å². The molecule has 2 aromatic heterocycles. The number of carbonyl (C=O) groups excluding carboxylic acids is 1. The van der Waals surface area contributed by atoms with Crippen molar-refractivity contribution in [3.8, 4) is 0 Å². The summed E-state index contributed by atoms with van der Waals surface area (Å²) < 4.78 is 17.9. The summed E-state index contributed by atoms with van der Waals surface area (Å²) in [4.78, 5) is 16.1. The zero-order valence-corrected chi connectivity index (χ0v) is 16.0. The van der Waals surface area contributed by atoms with Gasteiger partial charge in [0.1, 0.15) is 12.1 Å². The maximum atomic E-state index is 13.7. The van der Waals surface area contributed by atoms with Gasteiger partial charge < -0.3 is 0 Å². The lowest BCUT2D eigenvalue weighted by Gasteiger charge is -2.04. The van der Waals surface area contributed by atoms with Crippen molar-refractivity contribution in [2.75, 3.05) is 5.32 Å². The number of benzene rings is 1. The van der Waals surface area contributed by atoms with E-state index in [9.17, 15) is 9.18 Å². The van der Waals surface area contributed by atoms with Crippen LogP contribution in [0.2, 0.25) is 0 Å². The van der Waals surface area contributed by atoms with Gasteiger partial charge in [-0.2, -0.15) is 5.10 Å². The molecule has 3 aromatic rings. The second-order valence-corrected chi connectivity index (χ2v) is 6.66. The number of hydrogen-bond donors (Lipinski definition) is 1. The quantitative estimate of drug-likeness (QED) is 0.664. The number of aromatic nitrogens is 5. The van der Waals surface area contributed by atoms with Crippen LogP contribution in [0.4, 0.5) is 10.3 Å². The molecule has 0 spiro atoms. The van der Waals surface area contributed by atoms with Crippen molar-refractivity contribution in [2.24, 2.45) is 0 Å². The minimum Gasteiger partial charge on any atom is -0.293 e. The van der Waals surface area contributed by atoms with Crippen LogP contribution in [-0.2, 0) is 17.9 Å². The van der Waals surface area contributed by atoms with Crippen LogP contribution in [0.1, 0.15) is 23.4 Å². The highest BCUT2D eigenvalue weighted by Gasteiger charge is 2.12. The van der Waals surface area contributed by atoms with Gasteiger partial charge in [-0.25, -0.2) is 14.1 Å². The van der Waals surface area contributed by atoms with Gasteiger partial charge in [0.15, 0.2) is 0 Å². The van der Waals surface area contributed by atoms with E-state index in [-0.39, 0.29) is 30.6 Å². The summed E-state index contributed by atoms with van der Waals surface area (Å²) in [5.74, 6) is -0.317. The van der Waals surface area contributed by atoms with Crippen LogP contribution < -0.4 is 5.32 Å². The van der Waals surface area contributed by atoms with Crippen LogP contribution in [0, 0.1) is 19.7 Å². The summed E-state index contributed by atoms with van der Waals surface area (Å²) in [7, 11) is 0. The van der Waals surface area contributed by atoms with Crippen molar-refractivity contribution in [1.82, 2.24) is 24.5 Å². The Kier molecular flexibility index (Phi) is 5.46. The minimum atomic E-state index is -0.301. The van der Waals surface area contributed by atoms with E-state index >= 15 is 0 Å². The zero-order chi connectivity index (χ0) is 18.7. The highest BCUT2D eigenvalue weighted by atomic mass is 79.9. The highest BCUT2D eigenvalue weighted by molar-refractivity contribution is 9.10. The molecule has 0 aliphatic rings. The molecule has 2 heterocycles. The first-order chi connectivity index (χ1) is 12.4. The van der Waals surface area contributed by atoms with Gasteiger partial charge in [0.05, 0.1) is 23.3 Å². The highest BCUT2D eigenvalue weighted by Crippen LogP contribution is 2.19. The maximum absolute atomic E-state index is 13.7. The number of aryl methyl sites for hydroxylation is 2. The maximum Gasteiger partial charge on any atom is 0.248 e. The summed E-state index contributed by atoms with van der Waals surface area (Å²) in [5, 5.41) is 11.2. The molecule has 26 heavy (non-hydrogen) atoms. The van der Waals surface area contributed by atoms with Crippen LogP contribution in [0.25, 0.3) is 0 Å². The Morgan fingerprint density at radius 1 is 1.27 bits per heavy atom. The van der Waals surface area contributed by atoms with Crippen molar-refractivity contribution in [1.29, 1.82) is 0 Å². The number of amides is 1. The number of halogens is 2. The Morgan fingerprint density at radius 3 is 2.73 bits per heavy atom. The molecular formula is C17H18BrFN6O. The second-order valence-electron chi connectivity index (χ2n) is 5.86. The molecule has 136 valence electrons. The summed E-state index contributed by atoms with van der Waals surface area (Å²) in [6.07, 6.45) is 1.70. The third kappa shape index (κ3) is 4.16. The fourth-order valence-corrected chi connectivity index (χ4v) is 2.80. The van der Waals surface area contributed by atoms with E-state index < -0.39 is 0 Å². The van der Waals surface area contributed by atoms with Crippen LogP contribution >= 0.6 is 15.9 Å². The fourth-order valence-electron chi connectivity index (χ4n) is 2.52. The van der Waals surface area contributed by atoms with Crippen molar-refractivity contribution in [2.45, 2.75) is 33.4 Å². The van der Waals surface area contributed by atoms with Crippen LogP contribution in [-0.4, -0.2) is 30.5 Å². The number of anilines is 1. The van der Waals surface area contributed by atoms with Gasteiger partial charge in [0.2, 0.25) is 11.9 Å². The molecule has 0 fully saturated rings. The molecule has 9 heteroatoms. The van der Waals surface area contributed by atoms with Crippen LogP contribution in [0.3, 0.4) is 0 Å². The molecule has 0 radical (unpaired) electrons. The lowest BCUT2D eigenvalue weighted by atomic mass is 10.2. The molecule has 0 aliphatic heterocycles. The fraction of sp³-hybridized carbons (Fsp3) is 0.294. The smallest absolute Gasteiger partial charge is 0.248 e. The summed E-state index contributed by atoms with van der Waals surface area (Å²) in [5.41, 5.74) is 2.37. The molecular weight excluding hydrogens is 403 g/mol. The number of hydrogen-bond acceptors (Lipinski definition) is 4. The van der Waals surface area contributed by atoms with Gasteiger partial charge in [-0.3, -0.25) is 14.8 Å². The average molecular weight is 421 g/mol. The topological polar surface area (TPSA) is 77.6 Å². The number of nitrogens with one attached hydrogen (secondary N) is 1. The Bertz CT molecular complexity index is 935. The molecule has 0 aliphatic carbocycles. The van der Waals surface area contributed by atoms with E-state index in [0.717, 1.165) is 15.9 Å². The number of rotatable bonds is 6. The predicted molar refractivity (Wildman–Crippen MR) is 98.2 cm³/mol. The van der Waals surface area contributed by atoms with E-state index in [1.807, 2.05) is 13.8 Å². The SMILES string of the molecule is Cc1nn(CCC(=O)Nc2ncn(Cc3ccccc3F)n2)c(C)c1Br. The van der Waals surface area contributed by atoms with Gasteiger partial charge in [0, 0.05) is 17.7 Å². The third-order valence-electron chi connectivity index (χ3n) is 3.92. The summed E-state index contributed by atoms with van der Waals surface area (Å²) in [6, 6.07) is 6.47. The van der Waals surface area contributed by atoms with E-state index in [1.54, 1.807) is 22.9 Å². The van der Waals surface area contributed by atoms with E-state index in [0.29, 0.717) is 12.1 Å². The molecule has 0 bridgehead atoms. The Hall–Kier alpha value is -2.55. The molecule has 3 rings (SSSR count). The monoisotopic (exact) mass is 420 g/mol. The van der Waals surface area contributed by atoms with E-state index in [2.05, 4.69) is 36.4 Å². The zero-order valence-electron chi connectivity index (χ0n) is 14.4. The minimum absolute atomic E-state index is 0.195. The summed E-state index contributed by atoms with van der Waals surface area (Å²) in [6.45, 7) is 4.54. The van der Waals surface area contributed by atoms with Crippen molar-refractivity contribution in [3.63, 3.8) is 0 Å². The van der Waals surface area contributed by atoms with Gasteiger partial charge in [0.25, 0.3) is 0 Å². The van der Waals surface area contributed by atoms with Crippen molar-refractivity contribution >= 4 is 27.8 Å². The lowest BCUT2D eigenvalue weighted by Crippen LogP contribution is -2.16. The largest absolute Gasteiger partial charge is 0.293 e. The number of carbonyl (C=O) groups is 1. The van der Waals surface area contributed by atoms with Crippen LogP contribution in [0.15, 0.2) is 35.1 Å². The molecule has 0 atom stereocenters. The first-order valence-electron chi connectivity index (χ1n) is 8.06. The van der Waals surface area contributed by atoms with E-state index in [4.69, 9.17) is 0 Å². The van der Waals surface area contributed by atoms with Gasteiger partial charge >= 0.3 is 0 Å². The van der Waals surface area contributed by atoms with Crippen molar-refractivity contribution in [3.05, 3.63) is 57.8 Å². The number of nitrogens with zero attached hydrogens (tertiary/aromatic N) is 5.